The van der Waals surface area contributed by atoms with Crippen molar-refractivity contribution >= 4 is 16.7 Å². The minimum atomic E-state index is -0.374. The number of methoxy groups -OCH3 is 1. The number of rotatable bonds is 9. The first-order chi connectivity index (χ1) is 15.6. The van der Waals surface area contributed by atoms with E-state index in [1.165, 1.54) is 23.5 Å². The summed E-state index contributed by atoms with van der Waals surface area (Å²) >= 11 is 0. The number of nitrogens with zero attached hydrogens (tertiary/aromatic N) is 2. The van der Waals surface area contributed by atoms with Gasteiger partial charge >= 0.3 is 5.97 Å². The molecule has 0 radical (unpaired) electrons. The van der Waals surface area contributed by atoms with Gasteiger partial charge in [0.15, 0.2) is 6.61 Å². The van der Waals surface area contributed by atoms with Gasteiger partial charge in [0, 0.05) is 44.8 Å². The van der Waals surface area contributed by atoms with Crippen molar-refractivity contribution in [3.05, 3.63) is 77.9 Å². The second-order valence-corrected chi connectivity index (χ2v) is 7.90. The minimum absolute atomic E-state index is 0.0800. The van der Waals surface area contributed by atoms with Crippen LogP contribution in [0.4, 0.5) is 0 Å². The molecule has 170 valence electrons. The fourth-order valence-electron chi connectivity index (χ4n) is 3.94. The number of fused-ring (bicyclic) bond motifs is 1. The number of hydrogen-bond donors (Lipinski definition) is 0. The van der Waals surface area contributed by atoms with E-state index in [4.69, 9.17) is 9.47 Å². The molecule has 1 aliphatic rings. The van der Waals surface area contributed by atoms with Gasteiger partial charge in [-0.15, -0.1) is 0 Å². The van der Waals surface area contributed by atoms with Crippen LogP contribution in [0.1, 0.15) is 19.4 Å². The second kappa shape index (κ2) is 12.2. The third kappa shape index (κ3) is 6.55. The standard InChI is InChI=1S/C27H34N2O3/c1-4-9-22(5-2)10-8-15-28-16-18-29(19-17-28)20-25-24-12-7-6-11-23(24)13-14-26(25)32-21-27(30)31-3/h4-14H,15-21H2,1-3H3. The van der Waals surface area contributed by atoms with Crippen molar-refractivity contribution in [1.82, 2.24) is 9.80 Å². The van der Waals surface area contributed by atoms with Crippen molar-refractivity contribution in [1.29, 1.82) is 0 Å². The van der Waals surface area contributed by atoms with Crippen LogP contribution in [-0.2, 0) is 16.1 Å². The number of carbonyl (C=O) groups excluding carboxylic acids is 1. The zero-order valence-electron chi connectivity index (χ0n) is 19.4. The zero-order chi connectivity index (χ0) is 22.8. The van der Waals surface area contributed by atoms with Gasteiger partial charge in [0.2, 0.25) is 0 Å². The molecule has 0 bridgehead atoms. The van der Waals surface area contributed by atoms with Gasteiger partial charge in [0.25, 0.3) is 0 Å². The van der Waals surface area contributed by atoms with E-state index in [9.17, 15) is 4.79 Å². The molecule has 0 unspecified atom stereocenters. The molecule has 32 heavy (non-hydrogen) atoms. The van der Waals surface area contributed by atoms with Gasteiger partial charge in [-0.05, 0) is 36.3 Å². The second-order valence-electron chi connectivity index (χ2n) is 7.90. The number of benzene rings is 2. The van der Waals surface area contributed by atoms with Crippen molar-refractivity contribution in [2.75, 3.05) is 46.4 Å². The van der Waals surface area contributed by atoms with Crippen LogP contribution in [0.3, 0.4) is 0 Å². The van der Waals surface area contributed by atoms with Crippen LogP contribution in [-0.4, -0.2) is 62.2 Å². The predicted octanol–water partition coefficient (Wildman–Crippen LogP) is 4.59. The molecule has 3 rings (SSSR count). The molecule has 0 aliphatic carbocycles. The Labute approximate surface area is 191 Å². The fraction of sp³-hybridized carbons (Fsp3) is 0.370. The van der Waals surface area contributed by atoms with Crippen LogP contribution >= 0.6 is 0 Å². The zero-order valence-corrected chi connectivity index (χ0v) is 19.4. The summed E-state index contributed by atoms with van der Waals surface area (Å²) in [7, 11) is 1.38. The lowest BCUT2D eigenvalue weighted by atomic mass is 10.0. The number of carbonyl (C=O) groups is 1. The number of hydrogen-bond acceptors (Lipinski definition) is 5. The van der Waals surface area contributed by atoms with E-state index in [1.807, 2.05) is 31.2 Å². The van der Waals surface area contributed by atoms with Gasteiger partial charge in [-0.2, -0.15) is 0 Å². The molecule has 0 saturated carbocycles. The Kier molecular flexibility index (Phi) is 9.08. The molecule has 2 aromatic carbocycles. The van der Waals surface area contributed by atoms with Gasteiger partial charge in [0.1, 0.15) is 5.75 Å². The van der Waals surface area contributed by atoms with Gasteiger partial charge in [-0.3, -0.25) is 9.80 Å². The van der Waals surface area contributed by atoms with Crippen molar-refractivity contribution in [3.63, 3.8) is 0 Å². The smallest absolute Gasteiger partial charge is 0.343 e. The van der Waals surface area contributed by atoms with Gasteiger partial charge < -0.3 is 9.47 Å². The summed E-state index contributed by atoms with van der Waals surface area (Å²) in [5, 5.41) is 2.35. The first-order valence-electron chi connectivity index (χ1n) is 11.2. The highest BCUT2D eigenvalue weighted by atomic mass is 16.6. The van der Waals surface area contributed by atoms with Crippen molar-refractivity contribution in [3.8, 4) is 5.75 Å². The monoisotopic (exact) mass is 434 g/mol. The Morgan fingerprint density at radius 3 is 2.47 bits per heavy atom. The molecule has 5 heteroatoms. The Morgan fingerprint density at radius 1 is 1.00 bits per heavy atom. The average molecular weight is 435 g/mol. The van der Waals surface area contributed by atoms with E-state index in [0.717, 1.165) is 50.6 Å². The molecule has 2 aromatic rings. The SMILES string of the molecule is CC=CC(C=CCN1CCN(Cc2c(OCC(=O)OC)ccc3ccccc23)CC1)=CC. The van der Waals surface area contributed by atoms with Gasteiger partial charge in [-0.25, -0.2) is 4.79 Å². The molecule has 0 amide bonds. The molecule has 5 nitrogen and oxygen atoms in total. The van der Waals surface area contributed by atoms with Gasteiger partial charge in [0.05, 0.1) is 7.11 Å². The van der Waals surface area contributed by atoms with Crippen molar-refractivity contribution in [2.24, 2.45) is 0 Å². The molecule has 1 heterocycles. The van der Waals surface area contributed by atoms with E-state index in [-0.39, 0.29) is 12.6 Å². The summed E-state index contributed by atoms with van der Waals surface area (Å²) in [5.41, 5.74) is 2.37. The predicted molar refractivity (Wildman–Crippen MR) is 131 cm³/mol. The lowest BCUT2D eigenvalue weighted by Crippen LogP contribution is -2.45. The van der Waals surface area contributed by atoms with Crippen LogP contribution in [0.2, 0.25) is 0 Å². The third-order valence-corrected chi connectivity index (χ3v) is 5.78. The van der Waals surface area contributed by atoms with E-state index in [1.54, 1.807) is 0 Å². The maximum Gasteiger partial charge on any atom is 0.343 e. The van der Waals surface area contributed by atoms with E-state index in [0.29, 0.717) is 0 Å². The summed E-state index contributed by atoms with van der Waals surface area (Å²) in [6.45, 7) is 9.84. The quantitative estimate of drug-likeness (QED) is 0.427. The molecule has 1 saturated heterocycles. The normalized spacial score (nSPS) is 16.3. The van der Waals surface area contributed by atoms with E-state index in [2.05, 4.69) is 59.2 Å². The molecule has 0 atom stereocenters. The lowest BCUT2D eigenvalue weighted by molar-refractivity contribution is -0.142. The maximum absolute atomic E-state index is 11.6. The largest absolute Gasteiger partial charge is 0.482 e. The highest BCUT2D eigenvalue weighted by molar-refractivity contribution is 5.87. The van der Waals surface area contributed by atoms with Crippen LogP contribution in [0.15, 0.2) is 72.4 Å². The lowest BCUT2D eigenvalue weighted by Gasteiger charge is -2.34. The maximum atomic E-state index is 11.6. The Hall–Kier alpha value is -2.89. The van der Waals surface area contributed by atoms with Crippen LogP contribution in [0.5, 0.6) is 5.75 Å². The number of ether oxygens (including phenoxy) is 2. The topological polar surface area (TPSA) is 42.0 Å². The Bertz CT molecular complexity index is 986. The summed E-state index contributed by atoms with van der Waals surface area (Å²) < 4.78 is 10.6. The molecule has 0 aromatic heterocycles. The average Bonchev–Trinajstić information content (AvgIpc) is 2.83. The summed E-state index contributed by atoms with van der Waals surface area (Å²) in [6, 6.07) is 12.3. The highest BCUT2D eigenvalue weighted by Gasteiger charge is 2.19. The first kappa shape index (κ1) is 23.8. The molecule has 1 fully saturated rings. The number of esters is 1. The van der Waals surface area contributed by atoms with E-state index < -0.39 is 0 Å². The van der Waals surface area contributed by atoms with Crippen LogP contribution in [0, 0.1) is 0 Å². The van der Waals surface area contributed by atoms with Gasteiger partial charge in [-0.1, -0.05) is 60.7 Å². The van der Waals surface area contributed by atoms with E-state index >= 15 is 0 Å². The minimum Gasteiger partial charge on any atom is -0.482 e. The summed E-state index contributed by atoms with van der Waals surface area (Å²) in [6.07, 6.45) is 10.7. The van der Waals surface area contributed by atoms with Crippen molar-refractivity contribution in [2.45, 2.75) is 20.4 Å². The van der Waals surface area contributed by atoms with Crippen LogP contribution < -0.4 is 4.74 Å². The first-order valence-corrected chi connectivity index (χ1v) is 11.2. The Morgan fingerprint density at radius 2 is 1.75 bits per heavy atom. The molecule has 0 spiro atoms. The number of piperazine rings is 1. The van der Waals surface area contributed by atoms with Crippen LogP contribution in [0.25, 0.3) is 10.8 Å². The molecule has 0 N–H and O–H groups in total. The third-order valence-electron chi connectivity index (χ3n) is 5.78. The molecular weight excluding hydrogens is 400 g/mol. The Balaban J connectivity index is 1.64. The van der Waals surface area contributed by atoms with Crippen molar-refractivity contribution < 1.29 is 14.3 Å². The molecular formula is C27H34N2O3. The number of allylic oxidation sites excluding steroid dienone is 5. The highest BCUT2D eigenvalue weighted by Crippen LogP contribution is 2.30. The fourth-order valence-corrected chi connectivity index (χ4v) is 3.94. The molecule has 1 aliphatic heterocycles. The summed E-state index contributed by atoms with van der Waals surface area (Å²) in [4.78, 5) is 16.5. The summed E-state index contributed by atoms with van der Waals surface area (Å²) in [5.74, 6) is 0.378.